The van der Waals surface area contributed by atoms with Crippen LogP contribution >= 0.6 is 23.8 Å². The highest BCUT2D eigenvalue weighted by Crippen LogP contribution is 2.12. The van der Waals surface area contributed by atoms with Gasteiger partial charge in [0, 0.05) is 28.4 Å². The van der Waals surface area contributed by atoms with Crippen LogP contribution in [0.25, 0.3) is 0 Å². The van der Waals surface area contributed by atoms with E-state index in [1.807, 2.05) is 30.3 Å². The molecule has 0 heterocycles. The maximum absolute atomic E-state index is 12.3. The van der Waals surface area contributed by atoms with Crippen molar-refractivity contribution >= 4 is 46.4 Å². The third-order valence-corrected chi connectivity index (χ3v) is 4.45. The van der Waals surface area contributed by atoms with Gasteiger partial charge >= 0.3 is 0 Å². The molecule has 3 aromatic carbocycles. The maximum Gasteiger partial charge on any atom is 0.257 e. The highest BCUT2D eigenvalue weighted by molar-refractivity contribution is 7.80. The molecule has 0 aliphatic rings. The van der Waals surface area contributed by atoms with Crippen molar-refractivity contribution in [3.8, 4) is 0 Å². The molecule has 0 aliphatic heterocycles. The average molecular weight is 424 g/mol. The summed E-state index contributed by atoms with van der Waals surface area (Å²) < 4.78 is 0. The van der Waals surface area contributed by atoms with Crippen LogP contribution in [0.1, 0.15) is 26.3 Å². The molecule has 0 bridgehead atoms. The van der Waals surface area contributed by atoms with Crippen LogP contribution in [0.4, 0.5) is 5.69 Å². The molecule has 0 saturated heterocycles. The molecule has 5 nitrogen and oxygen atoms in total. The Hall–Kier alpha value is -3.22. The Morgan fingerprint density at radius 1 is 0.828 bits per heavy atom. The van der Waals surface area contributed by atoms with Gasteiger partial charge < -0.3 is 10.6 Å². The number of benzene rings is 3. The van der Waals surface area contributed by atoms with Gasteiger partial charge in [-0.15, -0.1) is 0 Å². The quantitative estimate of drug-likeness (QED) is 0.532. The first-order chi connectivity index (χ1) is 14.0. The first-order valence-corrected chi connectivity index (χ1v) is 9.60. The Morgan fingerprint density at radius 3 is 2.24 bits per heavy atom. The first-order valence-electron chi connectivity index (χ1n) is 8.81. The van der Waals surface area contributed by atoms with Gasteiger partial charge in [0.1, 0.15) is 0 Å². The average Bonchev–Trinajstić information content (AvgIpc) is 2.73. The molecule has 2 amide bonds. The van der Waals surface area contributed by atoms with E-state index in [1.54, 1.807) is 48.5 Å². The highest BCUT2D eigenvalue weighted by atomic mass is 35.5. The van der Waals surface area contributed by atoms with E-state index in [4.69, 9.17) is 23.8 Å². The van der Waals surface area contributed by atoms with Crippen molar-refractivity contribution in [2.75, 3.05) is 5.32 Å². The summed E-state index contributed by atoms with van der Waals surface area (Å²) in [5.41, 5.74) is 2.62. The molecule has 0 aromatic heterocycles. The minimum atomic E-state index is -0.359. The van der Waals surface area contributed by atoms with Gasteiger partial charge in [-0.05, 0) is 60.2 Å². The number of thiocarbonyl (C=S) groups is 1. The lowest BCUT2D eigenvalue weighted by Gasteiger charge is -2.10. The van der Waals surface area contributed by atoms with Crippen LogP contribution in [0.3, 0.4) is 0 Å². The van der Waals surface area contributed by atoms with E-state index in [0.717, 1.165) is 5.56 Å². The standard InChI is InChI=1S/C22H18ClN3O2S/c23-18-8-4-7-17(13-18)21(28)26-22(29)25-19-11-9-16(10-12-19)20(27)24-14-15-5-2-1-3-6-15/h1-13H,14H2,(H,24,27)(H2,25,26,28,29). The number of nitrogens with one attached hydrogen (secondary N) is 3. The number of carbonyl (C=O) groups is 2. The number of rotatable bonds is 5. The van der Waals surface area contributed by atoms with Crippen molar-refractivity contribution in [1.29, 1.82) is 0 Å². The van der Waals surface area contributed by atoms with E-state index in [0.29, 0.717) is 28.4 Å². The lowest BCUT2D eigenvalue weighted by molar-refractivity contribution is 0.0948. The SMILES string of the molecule is O=C(NCc1ccccc1)c1ccc(NC(=S)NC(=O)c2cccc(Cl)c2)cc1. The molecule has 0 unspecified atom stereocenters. The fourth-order valence-corrected chi connectivity index (χ4v) is 2.95. The number of anilines is 1. The van der Waals surface area contributed by atoms with Crippen LogP contribution in [0.15, 0.2) is 78.9 Å². The van der Waals surface area contributed by atoms with E-state index < -0.39 is 0 Å². The number of hydrogen-bond donors (Lipinski definition) is 3. The third-order valence-electron chi connectivity index (χ3n) is 4.01. The minimum Gasteiger partial charge on any atom is -0.348 e. The highest BCUT2D eigenvalue weighted by Gasteiger charge is 2.09. The van der Waals surface area contributed by atoms with Crippen LogP contribution in [0, 0.1) is 0 Å². The molecule has 3 rings (SSSR count). The van der Waals surface area contributed by atoms with Gasteiger partial charge in [-0.2, -0.15) is 0 Å². The van der Waals surface area contributed by atoms with Crippen molar-refractivity contribution in [3.63, 3.8) is 0 Å². The number of halogens is 1. The van der Waals surface area contributed by atoms with Crippen molar-refractivity contribution in [2.24, 2.45) is 0 Å². The molecule has 3 aromatic rings. The second kappa shape index (κ2) is 9.82. The molecule has 3 N–H and O–H groups in total. The summed E-state index contributed by atoms with van der Waals surface area (Å²) in [6.45, 7) is 0.458. The van der Waals surface area contributed by atoms with Crippen molar-refractivity contribution in [1.82, 2.24) is 10.6 Å². The van der Waals surface area contributed by atoms with Crippen LogP contribution in [-0.4, -0.2) is 16.9 Å². The summed E-state index contributed by atoms with van der Waals surface area (Å²) in [6.07, 6.45) is 0. The van der Waals surface area contributed by atoms with Gasteiger partial charge in [-0.3, -0.25) is 14.9 Å². The maximum atomic E-state index is 12.3. The smallest absolute Gasteiger partial charge is 0.257 e. The summed E-state index contributed by atoms with van der Waals surface area (Å²) in [6, 6.07) is 23.1. The second-order valence-corrected chi connectivity index (χ2v) is 7.01. The molecule has 0 saturated carbocycles. The zero-order valence-corrected chi connectivity index (χ0v) is 16.9. The molecule has 0 spiro atoms. The van der Waals surface area contributed by atoms with Crippen LogP contribution in [-0.2, 0) is 6.54 Å². The van der Waals surface area contributed by atoms with E-state index in [9.17, 15) is 9.59 Å². The topological polar surface area (TPSA) is 70.2 Å². The summed E-state index contributed by atoms with van der Waals surface area (Å²) in [7, 11) is 0. The molecule has 29 heavy (non-hydrogen) atoms. The molecular weight excluding hydrogens is 406 g/mol. The Morgan fingerprint density at radius 2 is 1.55 bits per heavy atom. The Labute approximate surface area is 179 Å². The fraction of sp³-hybridized carbons (Fsp3) is 0.0455. The molecule has 0 fully saturated rings. The monoisotopic (exact) mass is 423 g/mol. The number of hydrogen-bond acceptors (Lipinski definition) is 3. The van der Waals surface area contributed by atoms with Gasteiger partial charge in [-0.1, -0.05) is 48.0 Å². The molecule has 0 radical (unpaired) electrons. The number of carbonyl (C=O) groups excluding carboxylic acids is 2. The lowest BCUT2D eigenvalue weighted by Crippen LogP contribution is -2.34. The summed E-state index contributed by atoms with van der Waals surface area (Å²) in [5.74, 6) is -0.529. The predicted octanol–water partition coefficient (Wildman–Crippen LogP) is 4.40. The molecule has 7 heteroatoms. The number of amides is 2. The molecule has 0 aliphatic carbocycles. The van der Waals surface area contributed by atoms with Crippen molar-refractivity contribution < 1.29 is 9.59 Å². The van der Waals surface area contributed by atoms with E-state index >= 15 is 0 Å². The Kier molecular flexibility index (Phi) is 6.94. The van der Waals surface area contributed by atoms with E-state index in [1.165, 1.54) is 0 Å². The largest absolute Gasteiger partial charge is 0.348 e. The van der Waals surface area contributed by atoms with Crippen LogP contribution < -0.4 is 16.0 Å². The summed E-state index contributed by atoms with van der Waals surface area (Å²) in [4.78, 5) is 24.4. The van der Waals surface area contributed by atoms with Crippen LogP contribution in [0.5, 0.6) is 0 Å². The molecular formula is C22H18ClN3O2S. The summed E-state index contributed by atoms with van der Waals surface area (Å²) in [5, 5.41) is 9.00. The zero-order valence-electron chi connectivity index (χ0n) is 15.3. The van der Waals surface area contributed by atoms with Gasteiger partial charge in [0.05, 0.1) is 0 Å². The van der Waals surface area contributed by atoms with Gasteiger partial charge in [0.15, 0.2) is 5.11 Å². The van der Waals surface area contributed by atoms with Gasteiger partial charge in [0.2, 0.25) is 0 Å². The van der Waals surface area contributed by atoms with Crippen LogP contribution in [0.2, 0.25) is 5.02 Å². The molecule has 146 valence electrons. The summed E-state index contributed by atoms with van der Waals surface area (Å²) >= 11 is 11.1. The van der Waals surface area contributed by atoms with Gasteiger partial charge in [-0.25, -0.2) is 0 Å². The normalized spacial score (nSPS) is 10.1. The zero-order chi connectivity index (χ0) is 20.6. The lowest BCUT2D eigenvalue weighted by atomic mass is 10.2. The second-order valence-electron chi connectivity index (χ2n) is 6.16. The van der Waals surface area contributed by atoms with E-state index in [2.05, 4.69) is 16.0 Å². The Bertz CT molecular complexity index is 1020. The fourth-order valence-electron chi connectivity index (χ4n) is 2.55. The van der Waals surface area contributed by atoms with Gasteiger partial charge in [0.25, 0.3) is 11.8 Å². The van der Waals surface area contributed by atoms with Crippen molar-refractivity contribution in [2.45, 2.75) is 6.54 Å². The predicted molar refractivity (Wildman–Crippen MR) is 119 cm³/mol. The minimum absolute atomic E-state index is 0.149. The van der Waals surface area contributed by atoms with Crippen molar-refractivity contribution in [3.05, 3.63) is 101 Å². The van der Waals surface area contributed by atoms with E-state index in [-0.39, 0.29) is 16.9 Å². The first kappa shape index (κ1) is 20.5. The Balaban J connectivity index is 1.52. The third kappa shape index (κ3) is 6.14. The molecule has 0 atom stereocenters.